The number of rotatable bonds is 7. The van der Waals surface area contributed by atoms with Crippen LogP contribution in [0, 0.1) is 5.92 Å². The van der Waals surface area contributed by atoms with E-state index < -0.39 is 12.7 Å². The molecule has 4 nitrogen and oxygen atoms in total. The standard InChI is InChI=1S/C17H27F3N4S.HI/c1-3-21-16(22-10-13(2)9-15-5-4-8-25-15)23-14-6-7-24(11-14)12-17(18,19)20;/h4-5,8,13-14H,3,6-7,9-12H2,1-2H3,(H2,21,22,23);1H. The number of nitrogens with one attached hydrogen (secondary N) is 2. The molecule has 0 bridgehead atoms. The molecule has 0 spiro atoms. The first kappa shape index (κ1) is 23.5. The first-order valence-electron chi connectivity index (χ1n) is 8.72. The van der Waals surface area contributed by atoms with Crippen molar-refractivity contribution in [1.29, 1.82) is 0 Å². The number of thiophene rings is 1. The maximum Gasteiger partial charge on any atom is 0.401 e. The number of hydrogen-bond acceptors (Lipinski definition) is 3. The van der Waals surface area contributed by atoms with Crippen molar-refractivity contribution in [3.63, 3.8) is 0 Å². The quantitative estimate of drug-likeness (QED) is 0.338. The molecule has 2 rings (SSSR count). The van der Waals surface area contributed by atoms with E-state index in [1.165, 1.54) is 9.78 Å². The predicted molar refractivity (Wildman–Crippen MR) is 113 cm³/mol. The van der Waals surface area contributed by atoms with Crippen LogP contribution in [0.25, 0.3) is 0 Å². The van der Waals surface area contributed by atoms with E-state index in [-0.39, 0.29) is 30.0 Å². The van der Waals surface area contributed by atoms with Crippen LogP contribution < -0.4 is 10.6 Å². The molecular weight excluding hydrogens is 476 g/mol. The molecular formula is C17H28F3IN4S. The highest BCUT2D eigenvalue weighted by molar-refractivity contribution is 14.0. The molecule has 2 heterocycles. The van der Waals surface area contributed by atoms with E-state index in [1.54, 1.807) is 11.3 Å². The predicted octanol–water partition coefficient (Wildman–Crippen LogP) is 3.74. The van der Waals surface area contributed by atoms with Gasteiger partial charge in [0.2, 0.25) is 0 Å². The smallest absolute Gasteiger partial charge is 0.357 e. The fourth-order valence-corrected chi connectivity index (χ4v) is 3.81. The van der Waals surface area contributed by atoms with E-state index >= 15 is 0 Å². The topological polar surface area (TPSA) is 39.7 Å². The number of aliphatic imine (C=N–C) groups is 1. The number of hydrogen-bond donors (Lipinski definition) is 2. The van der Waals surface area contributed by atoms with Gasteiger partial charge in [0, 0.05) is 37.1 Å². The van der Waals surface area contributed by atoms with Crippen LogP contribution in [-0.2, 0) is 6.42 Å². The molecule has 1 saturated heterocycles. The van der Waals surface area contributed by atoms with Gasteiger partial charge in [-0.15, -0.1) is 35.3 Å². The van der Waals surface area contributed by atoms with Crippen LogP contribution in [0.15, 0.2) is 22.5 Å². The van der Waals surface area contributed by atoms with Gasteiger partial charge in [0.1, 0.15) is 0 Å². The highest BCUT2D eigenvalue weighted by Crippen LogP contribution is 2.20. The fourth-order valence-electron chi connectivity index (χ4n) is 2.94. The first-order chi connectivity index (χ1) is 11.9. The van der Waals surface area contributed by atoms with Gasteiger partial charge in [0.05, 0.1) is 6.54 Å². The number of halogens is 4. The Morgan fingerprint density at radius 3 is 2.85 bits per heavy atom. The van der Waals surface area contributed by atoms with Crippen LogP contribution in [0.2, 0.25) is 0 Å². The van der Waals surface area contributed by atoms with E-state index in [2.05, 4.69) is 40.1 Å². The third-order valence-electron chi connectivity index (χ3n) is 4.05. The molecule has 2 atom stereocenters. The Balaban J connectivity index is 0.00000338. The second-order valence-electron chi connectivity index (χ2n) is 6.59. The van der Waals surface area contributed by atoms with Gasteiger partial charge in [-0.05, 0) is 37.1 Å². The summed E-state index contributed by atoms with van der Waals surface area (Å²) in [6.07, 6.45) is -2.45. The zero-order chi connectivity index (χ0) is 18.3. The van der Waals surface area contributed by atoms with Crippen molar-refractivity contribution in [3.05, 3.63) is 22.4 Å². The SMILES string of the molecule is CCNC(=NCC(C)Cc1cccs1)NC1CCN(CC(F)(F)F)C1.I. The molecule has 0 aliphatic carbocycles. The van der Waals surface area contributed by atoms with Crippen molar-refractivity contribution in [2.75, 3.05) is 32.7 Å². The van der Waals surface area contributed by atoms with Crippen molar-refractivity contribution in [2.45, 2.75) is 38.9 Å². The Kier molecular flexibility index (Phi) is 10.2. The molecule has 1 fully saturated rings. The van der Waals surface area contributed by atoms with Crippen LogP contribution in [0.5, 0.6) is 0 Å². The van der Waals surface area contributed by atoms with Crippen LogP contribution in [0.4, 0.5) is 13.2 Å². The minimum Gasteiger partial charge on any atom is -0.357 e. The maximum atomic E-state index is 12.5. The molecule has 9 heteroatoms. The zero-order valence-corrected chi connectivity index (χ0v) is 18.3. The summed E-state index contributed by atoms with van der Waals surface area (Å²) in [6.45, 7) is 5.58. The number of alkyl halides is 3. The Labute approximate surface area is 174 Å². The maximum absolute atomic E-state index is 12.5. The summed E-state index contributed by atoms with van der Waals surface area (Å²) in [7, 11) is 0. The van der Waals surface area contributed by atoms with Gasteiger partial charge in [0.25, 0.3) is 0 Å². The van der Waals surface area contributed by atoms with E-state index in [4.69, 9.17) is 0 Å². The minimum atomic E-state index is -4.13. The lowest BCUT2D eigenvalue weighted by Gasteiger charge is -2.20. The second kappa shape index (κ2) is 11.3. The van der Waals surface area contributed by atoms with Gasteiger partial charge < -0.3 is 10.6 Å². The summed E-state index contributed by atoms with van der Waals surface area (Å²) in [4.78, 5) is 7.41. The Bertz CT molecular complexity index is 537. The van der Waals surface area contributed by atoms with Crippen molar-refractivity contribution < 1.29 is 13.2 Å². The summed E-state index contributed by atoms with van der Waals surface area (Å²) in [5, 5.41) is 8.54. The summed E-state index contributed by atoms with van der Waals surface area (Å²) < 4.78 is 37.5. The van der Waals surface area contributed by atoms with E-state index in [0.717, 1.165) is 13.0 Å². The minimum absolute atomic E-state index is 0. The van der Waals surface area contributed by atoms with Gasteiger partial charge >= 0.3 is 6.18 Å². The highest BCUT2D eigenvalue weighted by atomic mass is 127. The lowest BCUT2D eigenvalue weighted by atomic mass is 10.1. The van der Waals surface area contributed by atoms with E-state index in [0.29, 0.717) is 37.9 Å². The van der Waals surface area contributed by atoms with Crippen molar-refractivity contribution >= 4 is 41.3 Å². The van der Waals surface area contributed by atoms with E-state index in [9.17, 15) is 13.2 Å². The normalized spacial score (nSPS) is 19.9. The molecule has 0 aromatic carbocycles. The molecule has 2 N–H and O–H groups in total. The summed E-state index contributed by atoms with van der Waals surface area (Å²) in [6, 6.07) is 4.18. The third kappa shape index (κ3) is 8.90. The molecule has 0 radical (unpaired) electrons. The van der Waals surface area contributed by atoms with Gasteiger partial charge in [0.15, 0.2) is 5.96 Å². The number of nitrogens with zero attached hydrogens (tertiary/aromatic N) is 2. The highest BCUT2D eigenvalue weighted by Gasteiger charge is 2.34. The Hall–Kier alpha value is -0.550. The molecule has 2 unspecified atom stereocenters. The van der Waals surface area contributed by atoms with Gasteiger partial charge in [-0.2, -0.15) is 13.2 Å². The summed E-state index contributed by atoms with van der Waals surface area (Å²) in [5.74, 6) is 1.11. The van der Waals surface area contributed by atoms with Crippen molar-refractivity contribution in [3.8, 4) is 0 Å². The molecule has 26 heavy (non-hydrogen) atoms. The van der Waals surface area contributed by atoms with Crippen LogP contribution in [0.3, 0.4) is 0 Å². The Morgan fingerprint density at radius 1 is 1.46 bits per heavy atom. The molecule has 1 aromatic rings. The Morgan fingerprint density at radius 2 is 2.23 bits per heavy atom. The molecule has 1 aromatic heterocycles. The molecule has 1 aliphatic rings. The third-order valence-corrected chi connectivity index (χ3v) is 4.95. The summed E-state index contributed by atoms with van der Waals surface area (Å²) in [5.41, 5.74) is 0. The second-order valence-corrected chi connectivity index (χ2v) is 7.62. The average Bonchev–Trinajstić information content (AvgIpc) is 3.15. The largest absolute Gasteiger partial charge is 0.401 e. The molecule has 150 valence electrons. The van der Waals surface area contributed by atoms with Crippen LogP contribution >= 0.6 is 35.3 Å². The van der Waals surface area contributed by atoms with Crippen molar-refractivity contribution in [2.24, 2.45) is 10.9 Å². The number of likely N-dealkylation sites (tertiary alicyclic amines) is 1. The molecule has 1 aliphatic heterocycles. The van der Waals surface area contributed by atoms with Crippen molar-refractivity contribution in [1.82, 2.24) is 15.5 Å². The number of guanidine groups is 1. The van der Waals surface area contributed by atoms with Gasteiger partial charge in [-0.25, -0.2) is 0 Å². The van der Waals surface area contributed by atoms with Crippen LogP contribution in [0.1, 0.15) is 25.1 Å². The van der Waals surface area contributed by atoms with Crippen LogP contribution in [-0.4, -0.2) is 55.8 Å². The lowest BCUT2D eigenvalue weighted by molar-refractivity contribution is -0.143. The van der Waals surface area contributed by atoms with Gasteiger partial charge in [-0.3, -0.25) is 9.89 Å². The lowest BCUT2D eigenvalue weighted by Crippen LogP contribution is -2.45. The molecule has 0 saturated carbocycles. The molecule has 0 amide bonds. The first-order valence-corrected chi connectivity index (χ1v) is 9.60. The summed E-state index contributed by atoms with van der Waals surface area (Å²) >= 11 is 1.75. The zero-order valence-electron chi connectivity index (χ0n) is 15.2. The van der Waals surface area contributed by atoms with E-state index in [1.807, 2.05) is 6.92 Å². The van der Waals surface area contributed by atoms with Gasteiger partial charge in [-0.1, -0.05) is 13.0 Å². The fraction of sp³-hybridized carbons (Fsp3) is 0.706. The average molecular weight is 504 g/mol. The monoisotopic (exact) mass is 504 g/mol.